The summed E-state index contributed by atoms with van der Waals surface area (Å²) in [6.45, 7) is 1.20. The molecule has 0 aliphatic rings. The van der Waals surface area contributed by atoms with E-state index in [1.165, 1.54) is 6.92 Å². The number of benzene rings is 1. The fourth-order valence-electron chi connectivity index (χ4n) is 1.36. The van der Waals surface area contributed by atoms with Crippen LogP contribution in [0.2, 0.25) is 0 Å². The van der Waals surface area contributed by atoms with Gasteiger partial charge in [-0.1, -0.05) is 18.2 Å². The minimum absolute atomic E-state index is 0.316. The Morgan fingerprint density at radius 2 is 1.83 bits per heavy atom. The van der Waals surface area contributed by atoms with Gasteiger partial charge in [-0.2, -0.15) is 0 Å². The Kier molecular flexibility index (Phi) is 4.86. The van der Waals surface area contributed by atoms with Crippen LogP contribution in [0.5, 0.6) is 0 Å². The lowest BCUT2D eigenvalue weighted by Crippen LogP contribution is -2.42. The molecule has 2 amide bonds. The summed E-state index contributed by atoms with van der Waals surface area (Å²) >= 11 is 0. The molecule has 0 heterocycles. The van der Waals surface area contributed by atoms with Crippen LogP contribution in [0.3, 0.4) is 0 Å². The number of carbonyl (C=O) groups is 3. The van der Waals surface area contributed by atoms with Crippen molar-refractivity contribution < 1.29 is 19.5 Å². The standard InChI is InChI=1S/C12H14N2O4/c1-8(15)13-10(12(17)18)7-11(16)14-9-5-3-2-4-6-9/h2-6,10H,7H2,1H3,(H,13,15)(H,14,16)(H,17,18)/t10-/m1/s1. The molecule has 0 aliphatic carbocycles. The fourth-order valence-corrected chi connectivity index (χ4v) is 1.36. The van der Waals surface area contributed by atoms with Crippen LogP contribution >= 0.6 is 0 Å². The number of amides is 2. The molecule has 0 fully saturated rings. The van der Waals surface area contributed by atoms with E-state index in [-0.39, 0.29) is 6.42 Å². The molecule has 1 aromatic rings. The lowest BCUT2D eigenvalue weighted by Gasteiger charge is -2.13. The summed E-state index contributed by atoms with van der Waals surface area (Å²) in [5, 5.41) is 13.6. The van der Waals surface area contributed by atoms with Crippen LogP contribution in [-0.4, -0.2) is 28.9 Å². The lowest BCUT2D eigenvalue weighted by atomic mass is 10.2. The molecule has 1 rings (SSSR count). The summed E-state index contributed by atoms with van der Waals surface area (Å²) in [7, 11) is 0. The number of nitrogens with one attached hydrogen (secondary N) is 2. The van der Waals surface area contributed by atoms with Crippen molar-refractivity contribution in [1.82, 2.24) is 5.32 Å². The lowest BCUT2D eigenvalue weighted by molar-refractivity contribution is -0.142. The van der Waals surface area contributed by atoms with Gasteiger partial charge in [0.1, 0.15) is 6.04 Å². The Hall–Kier alpha value is -2.37. The summed E-state index contributed by atoms with van der Waals surface area (Å²) in [4.78, 5) is 33.2. The van der Waals surface area contributed by atoms with Crippen molar-refractivity contribution in [2.45, 2.75) is 19.4 Å². The van der Waals surface area contributed by atoms with Gasteiger partial charge in [-0.05, 0) is 12.1 Å². The molecular weight excluding hydrogens is 236 g/mol. The van der Waals surface area contributed by atoms with E-state index in [9.17, 15) is 14.4 Å². The fraction of sp³-hybridized carbons (Fsp3) is 0.250. The third kappa shape index (κ3) is 4.65. The highest BCUT2D eigenvalue weighted by molar-refractivity contribution is 5.95. The number of para-hydroxylation sites is 1. The Labute approximate surface area is 104 Å². The van der Waals surface area contributed by atoms with E-state index in [1.807, 2.05) is 0 Å². The SMILES string of the molecule is CC(=O)N[C@H](CC(=O)Nc1ccccc1)C(=O)O. The summed E-state index contributed by atoms with van der Waals surface area (Å²) in [5.41, 5.74) is 0.578. The quantitative estimate of drug-likeness (QED) is 0.713. The minimum Gasteiger partial charge on any atom is -0.480 e. The number of carbonyl (C=O) groups excluding carboxylic acids is 2. The van der Waals surface area contributed by atoms with Crippen molar-refractivity contribution in [1.29, 1.82) is 0 Å². The second kappa shape index (κ2) is 6.39. The molecule has 6 nitrogen and oxygen atoms in total. The van der Waals surface area contributed by atoms with E-state index in [0.29, 0.717) is 5.69 Å². The van der Waals surface area contributed by atoms with E-state index in [2.05, 4.69) is 10.6 Å². The third-order valence-corrected chi connectivity index (χ3v) is 2.12. The van der Waals surface area contributed by atoms with Crippen LogP contribution in [0.1, 0.15) is 13.3 Å². The zero-order chi connectivity index (χ0) is 13.5. The highest BCUT2D eigenvalue weighted by Gasteiger charge is 2.21. The predicted octanol–water partition coefficient (Wildman–Crippen LogP) is 0.604. The van der Waals surface area contributed by atoms with Crippen molar-refractivity contribution in [3.05, 3.63) is 30.3 Å². The van der Waals surface area contributed by atoms with Gasteiger partial charge in [0, 0.05) is 12.6 Å². The van der Waals surface area contributed by atoms with Crippen molar-refractivity contribution in [2.24, 2.45) is 0 Å². The number of hydrogen-bond acceptors (Lipinski definition) is 3. The van der Waals surface area contributed by atoms with Crippen LogP contribution < -0.4 is 10.6 Å². The maximum absolute atomic E-state index is 11.6. The number of hydrogen-bond donors (Lipinski definition) is 3. The predicted molar refractivity (Wildman–Crippen MR) is 64.9 cm³/mol. The van der Waals surface area contributed by atoms with Gasteiger partial charge in [0.25, 0.3) is 0 Å². The van der Waals surface area contributed by atoms with Crippen molar-refractivity contribution in [3.8, 4) is 0 Å². The number of carboxylic acid groups (broad SMARTS) is 1. The third-order valence-electron chi connectivity index (χ3n) is 2.12. The van der Waals surface area contributed by atoms with Crippen molar-refractivity contribution >= 4 is 23.5 Å². The van der Waals surface area contributed by atoms with Gasteiger partial charge in [-0.25, -0.2) is 4.79 Å². The molecule has 0 bridgehead atoms. The monoisotopic (exact) mass is 250 g/mol. The van der Waals surface area contributed by atoms with Crippen LogP contribution in [0.4, 0.5) is 5.69 Å². The summed E-state index contributed by atoms with van der Waals surface area (Å²) in [6, 6.07) is 7.45. The first kappa shape index (κ1) is 13.7. The van der Waals surface area contributed by atoms with E-state index in [0.717, 1.165) is 0 Å². The molecule has 18 heavy (non-hydrogen) atoms. The average Bonchev–Trinajstić information content (AvgIpc) is 2.28. The van der Waals surface area contributed by atoms with Crippen LogP contribution in [0.25, 0.3) is 0 Å². The smallest absolute Gasteiger partial charge is 0.326 e. The first-order valence-electron chi connectivity index (χ1n) is 5.34. The summed E-state index contributed by atoms with van der Waals surface area (Å²) < 4.78 is 0. The van der Waals surface area contributed by atoms with E-state index >= 15 is 0 Å². The van der Waals surface area contributed by atoms with E-state index in [4.69, 9.17) is 5.11 Å². The number of anilines is 1. The molecule has 0 saturated heterocycles. The Morgan fingerprint density at radius 3 is 2.33 bits per heavy atom. The molecule has 3 N–H and O–H groups in total. The second-order valence-electron chi connectivity index (χ2n) is 3.71. The van der Waals surface area contributed by atoms with Gasteiger partial charge in [0.05, 0.1) is 6.42 Å². The highest BCUT2D eigenvalue weighted by atomic mass is 16.4. The molecule has 96 valence electrons. The molecule has 6 heteroatoms. The molecule has 0 radical (unpaired) electrons. The van der Waals surface area contributed by atoms with Gasteiger partial charge >= 0.3 is 5.97 Å². The van der Waals surface area contributed by atoms with Crippen LogP contribution in [0.15, 0.2) is 30.3 Å². The molecule has 0 unspecified atom stereocenters. The molecule has 1 atom stereocenters. The largest absolute Gasteiger partial charge is 0.480 e. The maximum Gasteiger partial charge on any atom is 0.326 e. The number of aliphatic carboxylic acids is 1. The molecule has 0 spiro atoms. The first-order chi connectivity index (χ1) is 8.49. The topological polar surface area (TPSA) is 95.5 Å². The molecular formula is C12H14N2O4. The van der Waals surface area contributed by atoms with E-state index < -0.39 is 23.8 Å². The average molecular weight is 250 g/mol. The Bertz CT molecular complexity index is 445. The maximum atomic E-state index is 11.6. The summed E-state index contributed by atoms with van der Waals surface area (Å²) in [6.07, 6.45) is -0.316. The molecule has 0 aromatic heterocycles. The van der Waals surface area contributed by atoms with Crippen LogP contribution in [0, 0.1) is 0 Å². The first-order valence-corrected chi connectivity index (χ1v) is 5.34. The minimum atomic E-state index is -1.24. The van der Waals surface area contributed by atoms with Gasteiger partial charge in [0.2, 0.25) is 11.8 Å². The molecule has 0 aliphatic heterocycles. The van der Waals surface area contributed by atoms with Crippen molar-refractivity contribution in [3.63, 3.8) is 0 Å². The zero-order valence-electron chi connectivity index (χ0n) is 9.84. The van der Waals surface area contributed by atoms with Crippen molar-refractivity contribution in [2.75, 3.05) is 5.32 Å². The van der Waals surface area contributed by atoms with Gasteiger partial charge in [0.15, 0.2) is 0 Å². The number of rotatable bonds is 5. The van der Waals surface area contributed by atoms with Gasteiger partial charge in [-0.3, -0.25) is 9.59 Å². The van der Waals surface area contributed by atoms with Crippen LogP contribution in [-0.2, 0) is 14.4 Å². The number of carboxylic acids is 1. The van der Waals surface area contributed by atoms with Gasteiger partial charge < -0.3 is 15.7 Å². The molecule has 0 saturated carbocycles. The van der Waals surface area contributed by atoms with E-state index in [1.54, 1.807) is 30.3 Å². The zero-order valence-corrected chi connectivity index (χ0v) is 9.84. The Balaban J connectivity index is 2.56. The molecule has 1 aromatic carbocycles. The Morgan fingerprint density at radius 1 is 1.22 bits per heavy atom. The normalized spacial score (nSPS) is 11.4. The summed E-state index contributed by atoms with van der Waals surface area (Å²) in [5.74, 6) is -2.20. The second-order valence-corrected chi connectivity index (χ2v) is 3.71. The van der Waals surface area contributed by atoms with Gasteiger partial charge in [-0.15, -0.1) is 0 Å². The highest BCUT2D eigenvalue weighted by Crippen LogP contribution is 2.06.